The van der Waals surface area contributed by atoms with Crippen LogP contribution < -0.4 is 5.73 Å². The largest absolute Gasteiger partial charge is 0.393 e. The number of nitrogen functional groups attached to an aromatic ring is 1. The van der Waals surface area contributed by atoms with Gasteiger partial charge >= 0.3 is 0 Å². The average molecular weight is 257 g/mol. The van der Waals surface area contributed by atoms with E-state index in [0.29, 0.717) is 10.9 Å². The van der Waals surface area contributed by atoms with Gasteiger partial charge in [-0.05, 0) is 12.1 Å². The Balaban J connectivity index is 3.21. The van der Waals surface area contributed by atoms with Crippen molar-refractivity contribution in [1.29, 1.82) is 0 Å². The number of nitro benzene ring substituents is 1. The van der Waals surface area contributed by atoms with Crippen molar-refractivity contribution >= 4 is 33.4 Å². The highest BCUT2D eigenvalue weighted by molar-refractivity contribution is 9.09. The maximum absolute atomic E-state index is 10.7. The minimum absolute atomic E-state index is 0.0373. The standard InChI is InChI=1S/C9H9BrN2O2/c10-6-2-4-7-3-1-5-8(11)9(7)12(13)14/h1-5H,6,11H2. The van der Waals surface area contributed by atoms with E-state index in [9.17, 15) is 10.1 Å². The van der Waals surface area contributed by atoms with E-state index in [4.69, 9.17) is 5.73 Å². The SMILES string of the molecule is Nc1cccc(C=CCBr)c1[N+](=O)[O-]. The molecule has 4 nitrogen and oxygen atoms in total. The summed E-state index contributed by atoms with van der Waals surface area (Å²) in [5, 5.41) is 11.3. The lowest BCUT2D eigenvalue weighted by Crippen LogP contribution is -1.97. The molecule has 0 saturated carbocycles. The van der Waals surface area contributed by atoms with Crippen molar-refractivity contribution in [2.75, 3.05) is 11.1 Å². The molecule has 0 aliphatic rings. The molecule has 2 N–H and O–H groups in total. The van der Waals surface area contributed by atoms with Crippen LogP contribution in [0.15, 0.2) is 24.3 Å². The fourth-order valence-corrected chi connectivity index (χ4v) is 1.28. The predicted molar refractivity (Wildman–Crippen MR) is 60.3 cm³/mol. The fourth-order valence-electron chi connectivity index (χ4n) is 1.10. The highest BCUT2D eigenvalue weighted by Gasteiger charge is 2.14. The zero-order valence-corrected chi connectivity index (χ0v) is 8.90. The molecule has 0 aromatic heterocycles. The van der Waals surface area contributed by atoms with Crippen LogP contribution in [0.1, 0.15) is 5.56 Å². The molecule has 0 saturated heterocycles. The molecular formula is C9H9BrN2O2. The summed E-state index contributed by atoms with van der Waals surface area (Å²) in [7, 11) is 0. The zero-order valence-electron chi connectivity index (χ0n) is 7.31. The van der Waals surface area contributed by atoms with Gasteiger partial charge in [-0.1, -0.05) is 34.1 Å². The van der Waals surface area contributed by atoms with E-state index in [1.807, 2.05) is 0 Å². The molecule has 0 amide bonds. The number of hydrogen-bond acceptors (Lipinski definition) is 3. The first kappa shape index (κ1) is 10.7. The molecule has 1 rings (SSSR count). The fraction of sp³-hybridized carbons (Fsp3) is 0.111. The lowest BCUT2D eigenvalue weighted by atomic mass is 10.1. The molecule has 1 aromatic carbocycles. The van der Waals surface area contributed by atoms with Gasteiger partial charge in [0.05, 0.1) is 10.5 Å². The second-order valence-electron chi connectivity index (χ2n) is 2.60. The van der Waals surface area contributed by atoms with Crippen molar-refractivity contribution < 1.29 is 4.92 Å². The summed E-state index contributed by atoms with van der Waals surface area (Å²) in [5.41, 5.74) is 6.18. The second kappa shape index (κ2) is 4.76. The molecule has 14 heavy (non-hydrogen) atoms. The van der Waals surface area contributed by atoms with Crippen molar-refractivity contribution in [3.05, 3.63) is 40.0 Å². The Morgan fingerprint density at radius 2 is 2.29 bits per heavy atom. The third-order valence-electron chi connectivity index (χ3n) is 1.67. The molecule has 5 heteroatoms. The van der Waals surface area contributed by atoms with Crippen molar-refractivity contribution in [2.45, 2.75) is 0 Å². The quantitative estimate of drug-likeness (QED) is 0.391. The molecule has 0 radical (unpaired) electrons. The summed E-state index contributed by atoms with van der Waals surface area (Å²) < 4.78 is 0. The van der Waals surface area contributed by atoms with E-state index in [0.717, 1.165) is 0 Å². The van der Waals surface area contributed by atoms with Gasteiger partial charge in [0.15, 0.2) is 0 Å². The molecule has 0 atom stereocenters. The molecule has 0 spiro atoms. The van der Waals surface area contributed by atoms with Gasteiger partial charge in [0.25, 0.3) is 5.69 Å². The van der Waals surface area contributed by atoms with Crippen LogP contribution in [0.25, 0.3) is 6.08 Å². The van der Waals surface area contributed by atoms with Gasteiger partial charge in [-0.15, -0.1) is 0 Å². The van der Waals surface area contributed by atoms with Crippen LogP contribution in [0.2, 0.25) is 0 Å². The Hall–Kier alpha value is -1.36. The maximum atomic E-state index is 10.7. The molecule has 0 unspecified atom stereocenters. The van der Waals surface area contributed by atoms with Gasteiger partial charge < -0.3 is 5.73 Å². The number of nitrogens with two attached hydrogens (primary N) is 1. The second-order valence-corrected chi connectivity index (χ2v) is 3.25. The van der Waals surface area contributed by atoms with Crippen molar-refractivity contribution in [1.82, 2.24) is 0 Å². The van der Waals surface area contributed by atoms with Gasteiger partial charge in [-0.2, -0.15) is 0 Å². The lowest BCUT2D eigenvalue weighted by Gasteiger charge is -1.99. The number of para-hydroxylation sites is 1. The Morgan fingerprint density at radius 1 is 1.57 bits per heavy atom. The number of alkyl halides is 1. The van der Waals surface area contributed by atoms with E-state index in [2.05, 4.69) is 15.9 Å². The average Bonchev–Trinajstić information content (AvgIpc) is 2.14. The monoisotopic (exact) mass is 256 g/mol. The van der Waals surface area contributed by atoms with Crippen LogP contribution in [0, 0.1) is 10.1 Å². The minimum Gasteiger partial charge on any atom is -0.393 e. The Bertz CT molecular complexity index is 377. The topological polar surface area (TPSA) is 69.2 Å². The minimum atomic E-state index is -0.469. The number of nitro groups is 1. The van der Waals surface area contributed by atoms with Gasteiger partial charge in [0.1, 0.15) is 5.69 Å². The first-order valence-electron chi connectivity index (χ1n) is 3.92. The molecular weight excluding hydrogens is 248 g/mol. The van der Waals surface area contributed by atoms with Gasteiger partial charge in [-0.25, -0.2) is 0 Å². The van der Waals surface area contributed by atoms with E-state index in [1.165, 1.54) is 6.07 Å². The predicted octanol–water partition coefficient (Wildman–Crippen LogP) is 2.59. The molecule has 74 valence electrons. The lowest BCUT2D eigenvalue weighted by molar-refractivity contribution is -0.384. The highest BCUT2D eigenvalue weighted by atomic mass is 79.9. The summed E-state index contributed by atoms with van der Waals surface area (Å²) in [6, 6.07) is 4.87. The van der Waals surface area contributed by atoms with E-state index in [-0.39, 0.29) is 11.4 Å². The number of allylic oxidation sites excluding steroid dienone is 1. The Morgan fingerprint density at radius 3 is 2.86 bits per heavy atom. The number of halogens is 1. The molecule has 0 aliphatic heterocycles. The number of anilines is 1. The van der Waals surface area contributed by atoms with E-state index < -0.39 is 4.92 Å². The number of rotatable bonds is 3. The van der Waals surface area contributed by atoms with Crippen LogP contribution in [-0.2, 0) is 0 Å². The molecule has 0 fully saturated rings. The summed E-state index contributed by atoms with van der Waals surface area (Å²) in [5.74, 6) is 0. The van der Waals surface area contributed by atoms with E-state index in [1.54, 1.807) is 24.3 Å². The van der Waals surface area contributed by atoms with Gasteiger partial charge in [-0.3, -0.25) is 10.1 Å². The summed E-state index contributed by atoms with van der Waals surface area (Å²) in [6.45, 7) is 0. The number of nitrogens with zero attached hydrogens (tertiary/aromatic N) is 1. The Kier molecular flexibility index (Phi) is 3.64. The Labute approximate surface area is 89.7 Å². The normalized spacial score (nSPS) is 10.6. The first-order valence-corrected chi connectivity index (χ1v) is 5.04. The number of benzene rings is 1. The third-order valence-corrected chi connectivity index (χ3v) is 2.04. The summed E-state index contributed by atoms with van der Waals surface area (Å²) >= 11 is 3.20. The van der Waals surface area contributed by atoms with Gasteiger partial charge in [0.2, 0.25) is 0 Å². The third kappa shape index (κ3) is 2.32. The first-order chi connectivity index (χ1) is 6.66. The van der Waals surface area contributed by atoms with Crippen molar-refractivity contribution in [3.63, 3.8) is 0 Å². The number of hydrogen-bond donors (Lipinski definition) is 1. The van der Waals surface area contributed by atoms with Crippen molar-refractivity contribution in [2.24, 2.45) is 0 Å². The molecule has 1 aromatic rings. The molecule has 0 heterocycles. The van der Waals surface area contributed by atoms with Crippen LogP contribution in [0.3, 0.4) is 0 Å². The maximum Gasteiger partial charge on any atom is 0.299 e. The molecule has 0 aliphatic carbocycles. The van der Waals surface area contributed by atoms with Crippen LogP contribution >= 0.6 is 15.9 Å². The van der Waals surface area contributed by atoms with E-state index >= 15 is 0 Å². The smallest absolute Gasteiger partial charge is 0.299 e. The molecule has 0 bridgehead atoms. The zero-order chi connectivity index (χ0) is 10.6. The van der Waals surface area contributed by atoms with Crippen molar-refractivity contribution in [3.8, 4) is 0 Å². The van der Waals surface area contributed by atoms with Gasteiger partial charge in [0, 0.05) is 5.33 Å². The summed E-state index contributed by atoms with van der Waals surface area (Å²) in [4.78, 5) is 10.2. The van der Waals surface area contributed by atoms with Crippen LogP contribution in [0.4, 0.5) is 11.4 Å². The highest BCUT2D eigenvalue weighted by Crippen LogP contribution is 2.26. The van der Waals surface area contributed by atoms with Crippen LogP contribution in [-0.4, -0.2) is 10.3 Å². The summed E-state index contributed by atoms with van der Waals surface area (Å²) in [6.07, 6.45) is 3.45. The van der Waals surface area contributed by atoms with Crippen LogP contribution in [0.5, 0.6) is 0 Å².